The van der Waals surface area contributed by atoms with Crippen LogP contribution in [0.2, 0.25) is 0 Å². The Morgan fingerprint density at radius 2 is 1.65 bits per heavy atom. The first-order chi connectivity index (χ1) is 10.9. The van der Waals surface area contributed by atoms with Gasteiger partial charge in [-0.1, -0.05) is 30.3 Å². The van der Waals surface area contributed by atoms with Crippen molar-refractivity contribution in [2.45, 2.75) is 45.4 Å². The molecule has 2 aromatic rings. The molecule has 6 heteroatoms. The molecule has 0 amide bonds. The summed E-state index contributed by atoms with van der Waals surface area (Å²) in [7, 11) is -0.543. The van der Waals surface area contributed by atoms with Crippen molar-refractivity contribution in [3.05, 3.63) is 48.2 Å². The molecule has 1 aromatic heterocycles. The average molecular weight is 311 g/mol. The molecule has 0 saturated carbocycles. The molecular weight excluding hydrogens is 289 g/mol. The highest BCUT2D eigenvalue weighted by molar-refractivity contribution is 6.60. The number of nitrogens with zero attached hydrogens (tertiary/aromatic N) is 2. The lowest BCUT2D eigenvalue weighted by molar-refractivity contribution is 0.00578. The van der Waals surface area contributed by atoms with Gasteiger partial charge in [0.15, 0.2) is 5.72 Å². The normalized spacial score (nSPS) is 18.9. The highest BCUT2D eigenvalue weighted by atomic mass is 16.7. The third-order valence-corrected chi connectivity index (χ3v) is 4.45. The van der Waals surface area contributed by atoms with Gasteiger partial charge in [0.05, 0.1) is 11.2 Å². The molecule has 3 rings (SSSR count). The van der Waals surface area contributed by atoms with Crippen molar-refractivity contribution in [1.82, 2.24) is 9.97 Å². The number of anilines is 1. The van der Waals surface area contributed by atoms with Gasteiger partial charge in [-0.2, -0.15) is 0 Å². The Morgan fingerprint density at radius 3 is 2.30 bits per heavy atom. The number of hydrogen-bond donors (Lipinski definition) is 1. The summed E-state index contributed by atoms with van der Waals surface area (Å²) >= 11 is 0. The molecule has 120 valence electrons. The van der Waals surface area contributed by atoms with Gasteiger partial charge in [-0.05, 0) is 39.3 Å². The van der Waals surface area contributed by atoms with E-state index in [-0.39, 0.29) is 0 Å². The molecule has 23 heavy (non-hydrogen) atoms. The van der Waals surface area contributed by atoms with Crippen LogP contribution in [0.4, 0.5) is 5.82 Å². The van der Waals surface area contributed by atoms with Gasteiger partial charge in [0.25, 0.3) is 0 Å². The Labute approximate surface area is 137 Å². The van der Waals surface area contributed by atoms with Crippen LogP contribution in [0.1, 0.15) is 33.3 Å². The van der Waals surface area contributed by atoms with Crippen LogP contribution in [0.15, 0.2) is 42.6 Å². The molecule has 1 fully saturated rings. The number of hydrogen-bond acceptors (Lipinski definition) is 5. The highest BCUT2D eigenvalue weighted by Crippen LogP contribution is 2.36. The van der Waals surface area contributed by atoms with Gasteiger partial charge >= 0.3 is 7.12 Å². The molecule has 1 aliphatic heterocycles. The molecular formula is C17H22BN3O2. The first-order valence-corrected chi connectivity index (χ1v) is 7.84. The quantitative estimate of drug-likeness (QED) is 0.879. The van der Waals surface area contributed by atoms with Crippen LogP contribution in [0, 0.1) is 0 Å². The number of aromatic nitrogens is 2. The summed E-state index contributed by atoms with van der Waals surface area (Å²) in [5, 5.41) is 3.30. The molecule has 1 aromatic carbocycles. The molecule has 0 atom stereocenters. The molecule has 0 spiro atoms. The minimum Gasteiger partial charge on any atom is -0.397 e. The zero-order valence-corrected chi connectivity index (χ0v) is 14.0. The summed E-state index contributed by atoms with van der Waals surface area (Å²) in [6.07, 6.45) is 1.72. The molecule has 0 aliphatic carbocycles. The van der Waals surface area contributed by atoms with Crippen LogP contribution in [-0.4, -0.2) is 28.3 Å². The Kier molecular flexibility index (Phi) is 4.12. The first-order valence-electron chi connectivity index (χ1n) is 7.84. The fraction of sp³-hybridized carbons (Fsp3) is 0.412. The van der Waals surface area contributed by atoms with Crippen molar-refractivity contribution in [3.8, 4) is 0 Å². The van der Waals surface area contributed by atoms with Gasteiger partial charge in [-0.25, -0.2) is 9.97 Å². The molecule has 1 N–H and O–H groups in total. The summed E-state index contributed by atoms with van der Waals surface area (Å²) in [5.74, 6) is 0.758. The van der Waals surface area contributed by atoms with Gasteiger partial charge in [-0.15, -0.1) is 0 Å². The summed E-state index contributed by atoms with van der Waals surface area (Å²) in [6, 6.07) is 12.0. The molecule has 1 saturated heterocycles. The Hall–Kier alpha value is -1.92. The van der Waals surface area contributed by atoms with Crippen molar-refractivity contribution >= 4 is 18.7 Å². The van der Waals surface area contributed by atoms with Crippen molar-refractivity contribution in [1.29, 1.82) is 0 Å². The van der Waals surface area contributed by atoms with Gasteiger partial charge in [0.1, 0.15) is 5.82 Å². The van der Waals surface area contributed by atoms with Gasteiger partial charge in [-0.3, -0.25) is 0 Å². The Balaban J connectivity index is 1.71. The second-order valence-corrected chi connectivity index (χ2v) is 6.73. The molecule has 0 bridgehead atoms. The van der Waals surface area contributed by atoms with Crippen LogP contribution in [-0.2, 0) is 15.9 Å². The fourth-order valence-corrected chi connectivity index (χ4v) is 2.32. The SMILES string of the molecule is CC1(C)OB(c2nccc(NCc3ccccc3)n2)OC1(C)C. The minimum absolute atomic E-state index is 0.394. The van der Waals surface area contributed by atoms with Crippen LogP contribution < -0.4 is 11.0 Å². The van der Waals surface area contributed by atoms with Crippen molar-refractivity contribution in [2.24, 2.45) is 0 Å². The van der Waals surface area contributed by atoms with Crippen LogP contribution in [0.5, 0.6) is 0 Å². The number of rotatable bonds is 4. The smallest absolute Gasteiger partial charge is 0.397 e. The minimum atomic E-state index is -0.543. The van der Waals surface area contributed by atoms with Gasteiger partial charge in [0.2, 0.25) is 0 Å². The molecule has 5 nitrogen and oxygen atoms in total. The predicted octanol–water partition coefficient (Wildman–Crippen LogP) is 2.39. The predicted molar refractivity (Wildman–Crippen MR) is 91.5 cm³/mol. The zero-order valence-electron chi connectivity index (χ0n) is 14.0. The number of nitrogens with one attached hydrogen (secondary N) is 1. The summed E-state index contributed by atoms with van der Waals surface area (Å²) in [6.45, 7) is 8.78. The summed E-state index contributed by atoms with van der Waals surface area (Å²) < 4.78 is 12.0. The topological polar surface area (TPSA) is 56.3 Å². The third kappa shape index (κ3) is 3.38. The molecule has 0 radical (unpaired) electrons. The monoisotopic (exact) mass is 311 g/mol. The average Bonchev–Trinajstić information content (AvgIpc) is 2.75. The molecule has 0 unspecified atom stereocenters. The molecule has 2 heterocycles. The van der Waals surface area contributed by atoms with E-state index in [0.717, 1.165) is 5.82 Å². The first kappa shape index (κ1) is 16.0. The summed E-state index contributed by atoms with van der Waals surface area (Å²) in [4.78, 5) is 8.84. The zero-order chi connectivity index (χ0) is 16.5. The fourth-order valence-electron chi connectivity index (χ4n) is 2.32. The van der Waals surface area contributed by atoms with E-state index >= 15 is 0 Å². The van der Waals surface area contributed by atoms with Crippen molar-refractivity contribution < 1.29 is 9.31 Å². The highest BCUT2D eigenvalue weighted by Gasteiger charge is 2.53. The van der Waals surface area contributed by atoms with E-state index in [1.54, 1.807) is 6.20 Å². The van der Waals surface area contributed by atoms with E-state index in [9.17, 15) is 0 Å². The van der Waals surface area contributed by atoms with Crippen LogP contribution >= 0.6 is 0 Å². The Morgan fingerprint density at radius 1 is 1.00 bits per heavy atom. The second-order valence-electron chi connectivity index (χ2n) is 6.73. The standard InChI is InChI=1S/C17H22BN3O2/c1-16(2)17(3,4)23-18(22-16)15-19-11-10-14(21-15)20-12-13-8-6-5-7-9-13/h5-11H,12H2,1-4H3,(H,19,20,21). The van der Waals surface area contributed by atoms with E-state index in [0.29, 0.717) is 12.3 Å². The maximum atomic E-state index is 5.99. The van der Waals surface area contributed by atoms with E-state index in [2.05, 4.69) is 27.4 Å². The van der Waals surface area contributed by atoms with Crippen LogP contribution in [0.25, 0.3) is 0 Å². The maximum Gasteiger partial charge on any atom is 0.534 e. The summed E-state index contributed by atoms with van der Waals surface area (Å²) in [5.41, 5.74) is 0.952. The third-order valence-electron chi connectivity index (χ3n) is 4.45. The molecule has 1 aliphatic rings. The van der Waals surface area contributed by atoms with E-state index in [1.807, 2.05) is 52.0 Å². The lowest BCUT2D eigenvalue weighted by Crippen LogP contribution is -2.41. The van der Waals surface area contributed by atoms with E-state index in [4.69, 9.17) is 9.31 Å². The van der Waals surface area contributed by atoms with Gasteiger partial charge < -0.3 is 14.6 Å². The van der Waals surface area contributed by atoms with Crippen LogP contribution in [0.3, 0.4) is 0 Å². The lowest BCUT2D eigenvalue weighted by atomic mass is 9.89. The lowest BCUT2D eigenvalue weighted by Gasteiger charge is -2.32. The largest absolute Gasteiger partial charge is 0.534 e. The van der Waals surface area contributed by atoms with Crippen molar-refractivity contribution in [2.75, 3.05) is 5.32 Å². The van der Waals surface area contributed by atoms with E-state index < -0.39 is 18.3 Å². The van der Waals surface area contributed by atoms with E-state index in [1.165, 1.54) is 5.56 Å². The van der Waals surface area contributed by atoms with Crippen molar-refractivity contribution in [3.63, 3.8) is 0 Å². The van der Waals surface area contributed by atoms with Gasteiger partial charge in [0, 0.05) is 12.7 Å². The maximum absolute atomic E-state index is 5.99. The Bertz CT molecular complexity index is 661. The number of benzene rings is 1. The second kappa shape index (κ2) is 5.94.